The van der Waals surface area contributed by atoms with Crippen molar-refractivity contribution < 1.29 is 52.4 Å². The minimum Gasteiger partial charge on any atom is -0.481 e. The first kappa shape index (κ1) is 52.8. The molecule has 1 rings (SSSR count). The van der Waals surface area contributed by atoms with Crippen LogP contribution < -0.4 is 5.32 Å². The molecule has 0 unspecified atom stereocenters. The number of carbonyl (C=O) groups is 4. The minimum absolute atomic E-state index is 0.0954. The van der Waals surface area contributed by atoms with Crippen molar-refractivity contribution in [3.05, 3.63) is 35.9 Å². The number of benzene rings is 1. The summed E-state index contributed by atoms with van der Waals surface area (Å²) in [6.45, 7) is 28.4. The highest BCUT2D eigenvalue weighted by molar-refractivity contribution is 6.77. The predicted molar refractivity (Wildman–Crippen MR) is 229 cm³/mol. The lowest BCUT2D eigenvalue weighted by Crippen LogP contribution is -2.57. The summed E-state index contributed by atoms with van der Waals surface area (Å²) in [4.78, 5) is 55.0. The van der Waals surface area contributed by atoms with Crippen molar-refractivity contribution in [2.24, 2.45) is 17.8 Å². The number of rotatable bonds is 26. The van der Waals surface area contributed by atoms with Crippen LogP contribution in [0.4, 0.5) is 9.59 Å². The maximum absolute atomic E-state index is 14.3. The van der Waals surface area contributed by atoms with Crippen LogP contribution in [-0.2, 0) is 44.3 Å². The predicted octanol–water partition coefficient (Wildman–Crippen LogP) is 9.57. The number of nitrogens with one attached hydrogen (secondary N) is 1. The molecule has 0 aromatic heterocycles. The number of carbonyl (C=O) groups excluding carboxylic acids is 3. The smallest absolute Gasteiger partial charge is 0.410 e. The Morgan fingerprint density at radius 2 is 1.43 bits per heavy atom. The normalized spacial score (nSPS) is 15.0. The number of unbranched alkanes of at least 4 members (excludes halogenated alkanes) is 1. The highest BCUT2D eigenvalue weighted by Gasteiger charge is 2.49. The van der Waals surface area contributed by atoms with Crippen LogP contribution in [-0.4, -0.2) is 99.4 Å². The Kier molecular flexibility index (Phi) is 23.2. The van der Waals surface area contributed by atoms with Crippen molar-refractivity contribution in [2.45, 2.75) is 176 Å². The number of ether oxygens (including phenoxy) is 5. The molecule has 58 heavy (non-hydrogen) atoms. The van der Waals surface area contributed by atoms with Crippen LogP contribution in [0.25, 0.3) is 0 Å². The Hall–Kier alpha value is -3.20. The average Bonchev–Trinajstić information content (AvgIpc) is 3.11. The molecule has 0 heterocycles. The molecule has 0 spiro atoms. The van der Waals surface area contributed by atoms with Crippen molar-refractivity contribution >= 4 is 32.4 Å². The molecule has 0 aliphatic rings. The van der Waals surface area contributed by atoms with Crippen molar-refractivity contribution in [1.29, 1.82) is 0 Å². The van der Waals surface area contributed by atoms with Gasteiger partial charge in [-0.15, -0.1) is 0 Å². The van der Waals surface area contributed by atoms with E-state index in [0.29, 0.717) is 25.8 Å². The summed E-state index contributed by atoms with van der Waals surface area (Å²) < 4.78 is 36.0. The Bertz CT molecular complexity index is 1340. The molecular weight excluding hydrogens is 761 g/mol. The van der Waals surface area contributed by atoms with Crippen LogP contribution in [0.1, 0.15) is 128 Å². The van der Waals surface area contributed by atoms with Gasteiger partial charge in [0, 0.05) is 20.2 Å². The van der Waals surface area contributed by atoms with Gasteiger partial charge in [0.15, 0.2) is 0 Å². The largest absolute Gasteiger partial charge is 0.481 e. The first-order valence-corrected chi connectivity index (χ1v) is 23.3. The van der Waals surface area contributed by atoms with Crippen molar-refractivity contribution in [3.8, 4) is 0 Å². The highest BCUT2D eigenvalue weighted by atomic mass is 28.4. The van der Waals surface area contributed by atoms with Crippen LogP contribution in [0, 0.1) is 17.8 Å². The van der Waals surface area contributed by atoms with Crippen LogP contribution in [0.3, 0.4) is 0 Å². The van der Waals surface area contributed by atoms with Gasteiger partial charge in [-0.05, 0) is 81.0 Å². The van der Waals surface area contributed by atoms with Gasteiger partial charge in [0.2, 0.25) is 8.32 Å². The first-order chi connectivity index (χ1) is 27.0. The van der Waals surface area contributed by atoms with E-state index in [1.54, 1.807) is 4.90 Å². The summed E-state index contributed by atoms with van der Waals surface area (Å²) in [5.41, 5.74) is 0.585. The summed E-state index contributed by atoms with van der Waals surface area (Å²) >= 11 is 0. The fraction of sp³-hybridized carbons (Fsp3) is 0.773. The van der Waals surface area contributed by atoms with Gasteiger partial charge in [-0.25, -0.2) is 9.59 Å². The van der Waals surface area contributed by atoms with Crippen LogP contribution >= 0.6 is 0 Å². The maximum Gasteiger partial charge on any atom is 0.410 e. The molecule has 1 aromatic carbocycles. The van der Waals surface area contributed by atoms with Crippen LogP contribution in [0.15, 0.2) is 30.3 Å². The minimum atomic E-state index is -2.69. The van der Waals surface area contributed by atoms with Gasteiger partial charge in [0.05, 0.1) is 24.5 Å². The van der Waals surface area contributed by atoms with Gasteiger partial charge >= 0.3 is 24.1 Å². The van der Waals surface area contributed by atoms with E-state index in [4.69, 9.17) is 28.1 Å². The maximum atomic E-state index is 14.3. The summed E-state index contributed by atoms with van der Waals surface area (Å²) in [5.74, 6) is -2.87. The molecule has 334 valence electrons. The summed E-state index contributed by atoms with van der Waals surface area (Å²) in [6.07, 6.45) is -2.34. The topological polar surface area (TPSA) is 159 Å². The third-order valence-corrected chi connectivity index (χ3v) is 16.5. The third kappa shape index (κ3) is 17.6. The number of hydrogen-bond acceptors (Lipinski definition) is 10. The molecule has 2 amide bonds. The highest BCUT2D eigenvalue weighted by Crippen LogP contribution is 2.44. The molecule has 0 aliphatic carbocycles. The molecule has 13 nitrogen and oxygen atoms in total. The van der Waals surface area contributed by atoms with E-state index < -0.39 is 68.3 Å². The van der Waals surface area contributed by atoms with Gasteiger partial charge < -0.3 is 43.4 Å². The van der Waals surface area contributed by atoms with Gasteiger partial charge in [-0.2, -0.15) is 0 Å². The SMILES string of the molecule is COCO[C@@H]([C@H](C)C(=O)O)[C@@H](OC(=O)C[C@H](O[Si](C(C)C)(C(C)C)C(C)C)[C@@H](CC(C)C)N(CCCCNC(=O)OCc1ccccc1)C(=O)OC(C)(C)C)C(C)C. The van der Waals surface area contributed by atoms with Gasteiger partial charge in [-0.3, -0.25) is 9.59 Å². The molecule has 5 atom stereocenters. The quantitative estimate of drug-likeness (QED) is 0.0301. The summed E-state index contributed by atoms with van der Waals surface area (Å²) in [5, 5.41) is 12.7. The summed E-state index contributed by atoms with van der Waals surface area (Å²) in [7, 11) is -1.25. The number of amides is 2. The number of methoxy groups -OCH3 is 1. The summed E-state index contributed by atoms with van der Waals surface area (Å²) in [6, 6.07) is 8.84. The Balaban J connectivity index is 3.66. The molecule has 14 heteroatoms. The zero-order valence-corrected chi connectivity index (χ0v) is 39.3. The van der Waals surface area contributed by atoms with E-state index >= 15 is 0 Å². The molecule has 0 saturated carbocycles. The van der Waals surface area contributed by atoms with Crippen LogP contribution in [0.5, 0.6) is 0 Å². The number of carboxylic acids is 1. The van der Waals surface area contributed by atoms with E-state index in [9.17, 15) is 24.3 Å². The molecule has 1 aromatic rings. The second-order valence-electron chi connectivity index (χ2n) is 18.1. The van der Waals surface area contributed by atoms with Crippen LogP contribution in [0.2, 0.25) is 16.6 Å². The fourth-order valence-corrected chi connectivity index (χ4v) is 13.3. The lowest BCUT2D eigenvalue weighted by atomic mass is 9.92. The average molecular weight is 839 g/mol. The molecule has 2 N–H and O–H groups in total. The van der Waals surface area contributed by atoms with E-state index in [1.165, 1.54) is 14.0 Å². The molecule has 0 aliphatic heterocycles. The Morgan fingerprint density at radius 3 is 1.91 bits per heavy atom. The molecule has 0 fully saturated rings. The van der Waals surface area contributed by atoms with Gasteiger partial charge in [0.25, 0.3) is 0 Å². The number of nitrogens with zero attached hydrogens (tertiary/aromatic N) is 1. The lowest BCUT2D eigenvalue weighted by molar-refractivity contribution is -0.186. The fourth-order valence-electron chi connectivity index (χ4n) is 7.73. The Morgan fingerprint density at radius 1 is 0.845 bits per heavy atom. The molecule has 0 saturated heterocycles. The second-order valence-corrected chi connectivity index (χ2v) is 23.5. The number of carboxylic acid groups (broad SMARTS) is 1. The van der Waals surface area contributed by atoms with E-state index in [2.05, 4.69) is 60.7 Å². The Labute approximate surface area is 350 Å². The van der Waals surface area contributed by atoms with Gasteiger partial charge in [-0.1, -0.05) is 99.6 Å². The first-order valence-electron chi connectivity index (χ1n) is 21.1. The zero-order chi connectivity index (χ0) is 44.4. The zero-order valence-electron chi connectivity index (χ0n) is 38.3. The monoisotopic (exact) mass is 839 g/mol. The number of hydrogen-bond donors (Lipinski definition) is 2. The number of alkyl carbamates (subject to hydrolysis) is 1. The molecule has 0 bridgehead atoms. The lowest BCUT2D eigenvalue weighted by Gasteiger charge is -2.48. The van der Waals surface area contributed by atoms with E-state index in [0.717, 1.165) is 5.56 Å². The molecule has 0 radical (unpaired) electrons. The second kappa shape index (κ2) is 25.4. The van der Waals surface area contributed by atoms with Gasteiger partial charge in [0.1, 0.15) is 31.2 Å². The van der Waals surface area contributed by atoms with Crippen molar-refractivity contribution in [3.63, 3.8) is 0 Å². The molecular formula is C44H78N2O11Si. The van der Waals surface area contributed by atoms with Crippen molar-refractivity contribution in [1.82, 2.24) is 10.2 Å². The van der Waals surface area contributed by atoms with Crippen molar-refractivity contribution in [2.75, 3.05) is 27.0 Å². The third-order valence-electron chi connectivity index (χ3n) is 10.4. The number of aliphatic carboxylic acids is 1. The van der Waals surface area contributed by atoms with E-state index in [1.807, 2.05) is 65.0 Å². The standard InChI is InChI=1S/C44H78N2O11Si/c1-29(2)25-36(46(43(51)56-44(12,13)14)24-20-19-23-45-42(50)53-27-35-21-17-16-18-22-35)37(57-58(31(5)6,32(7)8)33(9)10)26-38(47)55-39(30(3)4)40(54-28-52-15)34(11)41(48)49/h16-18,21-22,29-34,36-37,39-40H,19-20,23-28H2,1-15H3,(H,45,50)(H,48,49)/t34-,36+,37-,39-,40-/m0/s1. The van der Waals surface area contributed by atoms with E-state index in [-0.39, 0.29) is 54.8 Å². The number of esters is 1.